The van der Waals surface area contributed by atoms with Gasteiger partial charge in [-0.2, -0.15) is 0 Å². The molecule has 6 heteroatoms. The average Bonchev–Trinajstić information content (AvgIpc) is 2.52. The number of ether oxygens (including phenoxy) is 1. The van der Waals surface area contributed by atoms with E-state index in [0.717, 1.165) is 12.1 Å². The first-order valence-corrected chi connectivity index (χ1v) is 7.09. The number of anilines is 1. The van der Waals surface area contributed by atoms with Crippen LogP contribution < -0.4 is 10.1 Å². The molecule has 0 aliphatic heterocycles. The van der Waals surface area contributed by atoms with Gasteiger partial charge in [-0.25, -0.2) is 8.78 Å². The minimum absolute atomic E-state index is 0.127. The molecule has 0 heterocycles. The Kier molecular flexibility index (Phi) is 5.28. The molecular formula is C17H17F2NO3. The lowest BCUT2D eigenvalue weighted by Gasteiger charge is -2.12. The maximum atomic E-state index is 13.8. The van der Waals surface area contributed by atoms with Crippen LogP contribution in [0.5, 0.6) is 5.75 Å². The number of hydrogen-bond donors (Lipinski definition) is 2. The molecule has 0 bridgehead atoms. The van der Waals surface area contributed by atoms with Crippen LogP contribution in [0.1, 0.15) is 28.4 Å². The number of amides is 1. The van der Waals surface area contributed by atoms with Crippen LogP contribution in [0.4, 0.5) is 14.5 Å². The molecule has 0 fully saturated rings. The molecule has 2 N–H and O–H groups in total. The summed E-state index contributed by atoms with van der Waals surface area (Å²) in [6, 6.07) is 6.51. The van der Waals surface area contributed by atoms with Gasteiger partial charge in [-0.15, -0.1) is 0 Å². The highest BCUT2D eigenvalue weighted by Gasteiger charge is 2.15. The molecule has 0 unspecified atom stereocenters. The lowest BCUT2D eigenvalue weighted by molar-refractivity contribution is 0.102. The number of hydrogen-bond acceptors (Lipinski definition) is 3. The van der Waals surface area contributed by atoms with Crippen molar-refractivity contribution in [2.24, 2.45) is 0 Å². The molecule has 2 aromatic carbocycles. The highest BCUT2D eigenvalue weighted by Crippen LogP contribution is 2.24. The van der Waals surface area contributed by atoms with Crippen LogP contribution in [-0.2, 0) is 6.61 Å². The van der Waals surface area contributed by atoms with Crippen molar-refractivity contribution in [1.82, 2.24) is 0 Å². The summed E-state index contributed by atoms with van der Waals surface area (Å²) in [5.41, 5.74) is 0.582. The van der Waals surface area contributed by atoms with E-state index in [0.29, 0.717) is 23.6 Å². The molecule has 2 rings (SSSR count). The first kappa shape index (κ1) is 16.9. The van der Waals surface area contributed by atoms with E-state index < -0.39 is 17.5 Å². The molecule has 122 valence electrons. The number of benzene rings is 2. The highest BCUT2D eigenvalue weighted by atomic mass is 19.1. The standard InChI is InChI=1S/C17H17F2NO3/c1-3-23-16-5-4-12(7-11(16)9-21)20-17(22)13-8-14(18)10(2)6-15(13)19/h4-8,21H,3,9H2,1-2H3,(H,20,22). The van der Waals surface area contributed by atoms with Crippen LogP contribution in [0.2, 0.25) is 0 Å². The second kappa shape index (κ2) is 7.19. The molecule has 0 radical (unpaired) electrons. The highest BCUT2D eigenvalue weighted by molar-refractivity contribution is 6.04. The van der Waals surface area contributed by atoms with Crippen molar-refractivity contribution in [1.29, 1.82) is 0 Å². The van der Waals surface area contributed by atoms with E-state index >= 15 is 0 Å². The van der Waals surface area contributed by atoms with Gasteiger partial charge in [-0.3, -0.25) is 4.79 Å². The lowest BCUT2D eigenvalue weighted by atomic mass is 10.1. The number of carbonyl (C=O) groups is 1. The lowest BCUT2D eigenvalue weighted by Crippen LogP contribution is -2.15. The number of aliphatic hydroxyl groups is 1. The van der Waals surface area contributed by atoms with E-state index in [-0.39, 0.29) is 17.7 Å². The maximum absolute atomic E-state index is 13.8. The summed E-state index contributed by atoms with van der Waals surface area (Å²) >= 11 is 0. The molecule has 1 amide bonds. The zero-order chi connectivity index (χ0) is 17.0. The molecule has 2 aromatic rings. The minimum atomic E-state index is -0.797. The van der Waals surface area contributed by atoms with Crippen molar-refractivity contribution in [3.63, 3.8) is 0 Å². The smallest absolute Gasteiger partial charge is 0.258 e. The maximum Gasteiger partial charge on any atom is 0.258 e. The van der Waals surface area contributed by atoms with Crippen molar-refractivity contribution >= 4 is 11.6 Å². The van der Waals surface area contributed by atoms with Gasteiger partial charge in [0.1, 0.15) is 17.4 Å². The number of rotatable bonds is 5. The molecule has 0 atom stereocenters. The number of aryl methyl sites for hydroxylation is 1. The number of carbonyl (C=O) groups excluding carboxylic acids is 1. The number of nitrogens with one attached hydrogen (secondary N) is 1. The third kappa shape index (κ3) is 3.84. The van der Waals surface area contributed by atoms with Crippen molar-refractivity contribution in [2.45, 2.75) is 20.5 Å². The van der Waals surface area contributed by atoms with Crippen LogP contribution >= 0.6 is 0 Å². The van der Waals surface area contributed by atoms with E-state index in [1.54, 1.807) is 12.1 Å². The summed E-state index contributed by atoms with van der Waals surface area (Å²) in [6.07, 6.45) is 0. The van der Waals surface area contributed by atoms with Gasteiger partial charge in [0.15, 0.2) is 0 Å². The fourth-order valence-electron chi connectivity index (χ4n) is 2.10. The zero-order valence-corrected chi connectivity index (χ0v) is 12.8. The third-order valence-corrected chi connectivity index (χ3v) is 3.28. The van der Waals surface area contributed by atoms with Crippen LogP contribution in [0.15, 0.2) is 30.3 Å². The van der Waals surface area contributed by atoms with E-state index in [4.69, 9.17) is 4.74 Å². The fraction of sp³-hybridized carbons (Fsp3) is 0.235. The second-order valence-electron chi connectivity index (χ2n) is 4.95. The Morgan fingerprint density at radius 1 is 1.22 bits per heavy atom. The second-order valence-corrected chi connectivity index (χ2v) is 4.95. The Morgan fingerprint density at radius 3 is 2.61 bits per heavy atom. The quantitative estimate of drug-likeness (QED) is 0.887. The molecule has 0 saturated carbocycles. The summed E-state index contributed by atoms with van der Waals surface area (Å²) in [4.78, 5) is 12.1. The average molecular weight is 321 g/mol. The summed E-state index contributed by atoms with van der Waals surface area (Å²) in [6.45, 7) is 3.39. The van der Waals surface area contributed by atoms with E-state index in [9.17, 15) is 18.7 Å². The van der Waals surface area contributed by atoms with E-state index in [1.807, 2.05) is 6.92 Å². The van der Waals surface area contributed by atoms with Gasteiger partial charge in [0.2, 0.25) is 0 Å². The van der Waals surface area contributed by atoms with Crippen molar-refractivity contribution < 1.29 is 23.4 Å². The fourth-order valence-corrected chi connectivity index (χ4v) is 2.10. The summed E-state index contributed by atoms with van der Waals surface area (Å²) in [5.74, 6) is -1.72. The van der Waals surface area contributed by atoms with Crippen LogP contribution in [0, 0.1) is 18.6 Å². The Labute approximate surface area is 132 Å². The van der Waals surface area contributed by atoms with Gasteiger partial charge in [-0.1, -0.05) is 0 Å². The molecule has 0 aromatic heterocycles. The summed E-state index contributed by atoms with van der Waals surface area (Å²) in [7, 11) is 0. The normalized spacial score (nSPS) is 10.5. The third-order valence-electron chi connectivity index (χ3n) is 3.28. The Hall–Kier alpha value is -2.47. The minimum Gasteiger partial charge on any atom is -0.494 e. The van der Waals surface area contributed by atoms with Gasteiger partial charge < -0.3 is 15.2 Å². The van der Waals surface area contributed by atoms with Gasteiger partial charge in [-0.05, 0) is 49.7 Å². The molecule has 0 saturated heterocycles. The van der Waals surface area contributed by atoms with Gasteiger partial charge in [0, 0.05) is 11.3 Å². The molecule has 23 heavy (non-hydrogen) atoms. The summed E-state index contributed by atoms with van der Waals surface area (Å²) in [5, 5.41) is 11.8. The van der Waals surface area contributed by atoms with E-state index in [2.05, 4.69) is 5.32 Å². The van der Waals surface area contributed by atoms with Crippen LogP contribution in [0.3, 0.4) is 0 Å². The molecule has 4 nitrogen and oxygen atoms in total. The van der Waals surface area contributed by atoms with Gasteiger partial charge in [0.25, 0.3) is 5.91 Å². The largest absolute Gasteiger partial charge is 0.494 e. The monoisotopic (exact) mass is 321 g/mol. The van der Waals surface area contributed by atoms with Gasteiger partial charge in [0.05, 0.1) is 18.8 Å². The van der Waals surface area contributed by atoms with E-state index in [1.165, 1.54) is 13.0 Å². The van der Waals surface area contributed by atoms with Gasteiger partial charge >= 0.3 is 0 Å². The SMILES string of the molecule is CCOc1ccc(NC(=O)c2cc(F)c(C)cc2F)cc1CO. The van der Waals surface area contributed by atoms with Crippen molar-refractivity contribution in [3.8, 4) is 5.75 Å². The predicted molar refractivity (Wildman–Crippen MR) is 82.6 cm³/mol. The Balaban J connectivity index is 2.25. The predicted octanol–water partition coefficient (Wildman–Crippen LogP) is 3.42. The zero-order valence-electron chi connectivity index (χ0n) is 12.8. The van der Waals surface area contributed by atoms with Crippen LogP contribution in [0.25, 0.3) is 0 Å². The first-order valence-electron chi connectivity index (χ1n) is 7.09. The molecule has 0 spiro atoms. The molecule has 0 aliphatic carbocycles. The Morgan fingerprint density at radius 2 is 1.96 bits per heavy atom. The molecular weight excluding hydrogens is 304 g/mol. The summed E-state index contributed by atoms with van der Waals surface area (Å²) < 4.78 is 32.7. The van der Waals surface area contributed by atoms with Crippen molar-refractivity contribution in [2.75, 3.05) is 11.9 Å². The number of halogens is 2. The number of aliphatic hydroxyl groups excluding tert-OH is 1. The Bertz CT molecular complexity index is 732. The van der Waals surface area contributed by atoms with Crippen molar-refractivity contribution in [3.05, 3.63) is 58.7 Å². The van der Waals surface area contributed by atoms with Crippen LogP contribution in [-0.4, -0.2) is 17.6 Å². The topological polar surface area (TPSA) is 58.6 Å². The first-order chi connectivity index (χ1) is 11.0. The molecule has 0 aliphatic rings.